The predicted molar refractivity (Wildman–Crippen MR) is 111 cm³/mol. The summed E-state index contributed by atoms with van der Waals surface area (Å²) in [5, 5.41) is 5.95. The van der Waals surface area contributed by atoms with Crippen LogP contribution in [-0.4, -0.2) is 21.0 Å². The van der Waals surface area contributed by atoms with Crippen molar-refractivity contribution in [2.75, 3.05) is 10.6 Å². The maximum atomic E-state index is 13.2. The molecule has 0 bridgehead atoms. The number of rotatable bonds is 5. The van der Waals surface area contributed by atoms with Gasteiger partial charge in [0.1, 0.15) is 5.82 Å². The van der Waals surface area contributed by atoms with Gasteiger partial charge in [-0.25, -0.2) is 4.98 Å². The fraction of sp³-hybridized carbons (Fsp3) is 0.286. The predicted octanol–water partition coefficient (Wildman–Crippen LogP) is 6.31. The first-order chi connectivity index (χ1) is 14.4. The molecule has 156 valence electrons. The molecule has 4 rings (SSSR count). The Bertz CT molecular complexity index is 1020. The monoisotopic (exact) mass is 433 g/mol. The van der Waals surface area contributed by atoms with Crippen LogP contribution in [0, 0.1) is 0 Å². The van der Waals surface area contributed by atoms with E-state index < -0.39 is 11.7 Å². The number of nitrogens with one attached hydrogen (secondary N) is 2. The quantitative estimate of drug-likeness (QED) is 0.493. The molecule has 0 radical (unpaired) electrons. The van der Waals surface area contributed by atoms with Crippen molar-refractivity contribution in [3.63, 3.8) is 0 Å². The number of hydrogen-bond acceptors (Lipinski definition) is 5. The molecule has 2 heterocycles. The molecular formula is C21H19ClF3N5. The highest BCUT2D eigenvalue weighted by molar-refractivity contribution is 6.31. The first-order valence-electron chi connectivity index (χ1n) is 9.58. The molecule has 30 heavy (non-hydrogen) atoms. The second kappa shape index (κ2) is 8.47. The van der Waals surface area contributed by atoms with Crippen molar-refractivity contribution in [2.45, 2.75) is 37.9 Å². The number of anilines is 3. The summed E-state index contributed by atoms with van der Waals surface area (Å²) in [6.45, 7) is 0. The van der Waals surface area contributed by atoms with Gasteiger partial charge in [0.2, 0.25) is 5.95 Å². The van der Waals surface area contributed by atoms with Crippen molar-refractivity contribution in [3.05, 3.63) is 59.4 Å². The Morgan fingerprint density at radius 2 is 1.70 bits per heavy atom. The Morgan fingerprint density at radius 3 is 2.40 bits per heavy atom. The lowest BCUT2D eigenvalue weighted by Crippen LogP contribution is -2.17. The van der Waals surface area contributed by atoms with E-state index in [2.05, 4.69) is 25.6 Å². The smallest absolute Gasteiger partial charge is 0.351 e. The van der Waals surface area contributed by atoms with Crippen LogP contribution in [-0.2, 0) is 6.18 Å². The van der Waals surface area contributed by atoms with E-state index in [9.17, 15) is 13.2 Å². The van der Waals surface area contributed by atoms with Crippen molar-refractivity contribution in [2.24, 2.45) is 0 Å². The maximum Gasteiger partial charge on any atom is 0.417 e. The summed E-state index contributed by atoms with van der Waals surface area (Å²) in [6.07, 6.45) is 3.15. The van der Waals surface area contributed by atoms with Crippen molar-refractivity contribution < 1.29 is 13.2 Å². The zero-order valence-electron chi connectivity index (χ0n) is 15.9. The van der Waals surface area contributed by atoms with Crippen molar-refractivity contribution in [1.29, 1.82) is 0 Å². The van der Waals surface area contributed by atoms with E-state index in [1.165, 1.54) is 12.1 Å². The molecule has 0 spiro atoms. The standard InChI is InChI=1S/C21H19ClF3N5/c22-17-6-5-15(11-16(17)21(23,24)25)27-19-12-18(13-7-9-26-10-8-13)29-20(30-19)28-14-3-1-2-4-14/h5-12,14H,1-4H2,(H2,27,28,29,30). The van der Waals surface area contributed by atoms with Gasteiger partial charge in [0.25, 0.3) is 0 Å². The summed E-state index contributed by atoms with van der Waals surface area (Å²) < 4.78 is 39.6. The Labute approximate surface area is 176 Å². The van der Waals surface area contributed by atoms with Crippen molar-refractivity contribution in [1.82, 2.24) is 15.0 Å². The molecule has 3 aromatic rings. The van der Waals surface area contributed by atoms with Crippen LogP contribution in [0.25, 0.3) is 11.3 Å². The summed E-state index contributed by atoms with van der Waals surface area (Å²) in [7, 11) is 0. The average Bonchev–Trinajstić information content (AvgIpc) is 3.22. The first kappa shape index (κ1) is 20.4. The number of nitrogens with zero attached hydrogens (tertiary/aromatic N) is 3. The highest BCUT2D eigenvalue weighted by atomic mass is 35.5. The molecule has 0 saturated heterocycles. The number of pyridine rings is 1. The first-order valence-corrected chi connectivity index (χ1v) is 9.96. The molecule has 1 fully saturated rings. The van der Waals surface area contributed by atoms with Gasteiger partial charge in [0, 0.05) is 35.8 Å². The lowest BCUT2D eigenvalue weighted by molar-refractivity contribution is -0.137. The van der Waals surface area contributed by atoms with Gasteiger partial charge in [0.05, 0.1) is 16.3 Å². The molecule has 1 aliphatic carbocycles. The normalized spacial score (nSPS) is 14.7. The fourth-order valence-electron chi connectivity index (χ4n) is 3.47. The maximum absolute atomic E-state index is 13.2. The van der Waals surface area contributed by atoms with Crippen LogP contribution in [0.4, 0.5) is 30.6 Å². The summed E-state index contributed by atoms with van der Waals surface area (Å²) in [6, 6.07) is 9.28. The number of halogens is 4. The van der Waals surface area contributed by atoms with E-state index in [-0.39, 0.29) is 16.8 Å². The van der Waals surface area contributed by atoms with Crippen LogP contribution in [0.2, 0.25) is 5.02 Å². The summed E-state index contributed by atoms with van der Waals surface area (Å²) in [5.74, 6) is 0.816. The molecule has 0 unspecified atom stereocenters. The van der Waals surface area contributed by atoms with Gasteiger partial charge in [-0.15, -0.1) is 0 Å². The molecule has 1 saturated carbocycles. The molecule has 2 aromatic heterocycles. The van der Waals surface area contributed by atoms with E-state index in [1.807, 2.05) is 12.1 Å². The Morgan fingerprint density at radius 1 is 0.967 bits per heavy atom. The van der Waals surface area contributed by atoms with Gasteiger partial charge in [-0.1, -0.05) is 24.4 Å². The lowest BCUT2D eigenvalue weighted by Gasteiger charge is -2.16. The minimum absolute atomic E-state index is 0.234. The van der Waals surface area contributed by atoms with E-state index in [1.54, 1.807) is 18.5 Å². The molecule has 9 heteroatoms. The molecule has 1 aromatic carbocycles. The minimum atomic E-state index is -4.54. The molecule has 0 amide bonds. The fourth-order valence-corrected chi connectivity index (χ4v) is 3.69. The topological polar surface area (TPSA) is 62.7 Å². The van der Waals surface area contributed by atoms with Crippen molar-refractivity contribution in [3.8, 4) is 11.3 Å². The highest BCUT2D eigenvalue weighted by Gasteiger charge is 2.33. The van der Waals surface area contributed by atoms with E-state index >= 15 is 0 Å². The number of hydrogen-bond donors (Lipinski definition) is 2. The molecule has 0 aliphatic heterocycles. The average molecular weight is 434 g/mol. The summed E-state index contributed by atoms with van der Waals surface area (Å²) in [4.78, 5) is 13.1. The third-order valence-corrected chi connectivity index (χ3v) is 5.26. The lowest BCUT2D eigenvalue weighted by atomic mass is 10.1. The van der Waals surface area contributed by atoms with Crippen molar-refractivity contribution >= 4 is 29.1 Å². The van der Waals surface area contributed by atoms with E-state index in [0.29, 0.717) is 17.5 Å². The van der Waals surface area contributed by atoms with Gasteiger partial charge >= 0.3 is 6.18 Å². The molecule has 5 nitrogen and oxygen atoms in total. The third-order valence-electron chi connectivity index (χ3n) is 4.93. The minimum Gasteiger partial charge on any atom is -0.351 e. The molecule has 1 aliphatic rings. The van der Waals surface area contributed by atoms with Gasteiger partial charge in [-0.05, 0) is 43.2 Å². The van der Waals surface area contributed by atoms with Crippen LogP contribution in [0.5, 0.6) is 0 Å². The SMILES string of the molecule is FC(F)(F)c1cc(Nc2cc(-c3ccncc3)nc(NC3CCCC3)n2)ccc1Cl. The highest BCUT2D eigenvalue weighted by Crippen LogP contribution is 2.37. The van der Waals surface area contributed by atoms with Gasteiger partial charge in [-0.2, -0.15) is 18.2 Å². The van der Waals surface area contributed by atoms with E-state index in [4.69, 9.17) is 11.6 Å². The molecule has 0 atom stereocenters. The largest absolute Gasteiger partial charge is 0.417 e. The second-order valence-electron chi connectivity index (χ2n) is 7.14. The molecule has 2 N–H and O–H groups in total. The zero-order chi connectivity index (χ0) is 21.1. The number of alkyl halides is 3. The second-order valence-corrected chi connectivity index (χ2v) is 7.55. The van der Waals surface area contributed by atoms with E-state index in [0.717, 1.165) is 37.3 Å². The molecular weight excluding hydrogens is 415 g/mol. The van der Waals surface area contributed by atoms with Gasteiger partial charge in [-0.3, -0.25) is 4.98 Å². The van der Waals surface area contributed by atoms with Crippen LogP contribution in [0.3, 0.4) is 0 Å². The van der Waals surface area contributed by atoms with Gasteiger partial charge in [0.15, 0.2) is 0 Å². The Balaban J connectivity index is 1.68. The van der Waals surface area contributed by atoms with Crippen LogP contribution in [0.1, 0.15) is 31.2 Å². The third kappa shape index (κ3) is 4.81. The number of aromatic nitrogens is 3. The van der Waals surface area contributed by atoms with Crippen LogP contribution < -0.4 is 10.6 Å². The van der Waals surface area contributed by atoms with Crippen LogP contribution in [0.15, 0.2) is 48.8 Å². The van der Waals surface area contributed by atoms with Gasteiger partial charge < -0.3 is 10.6 Å². The Hall–Kier alpha value is -2.87. The number of benzene rings is 1. The summed E-state index contributed by atoms with van der Waals surface area (Å²) in [5.41, 5.74) is 0.803. The Kier molecular flexibility index (Phi) is 5.76. The zero-order valence-corrected chi connectivity index (χ0v) is 16.6. The van der Waals surface area contributed by atoms with Crippen LogP contribution >= 0.6 is 11.6 Å². The summed E-state index contributed by atoms with van der Waals surface area (Å²) >= 11 is 5.72.